The lowest BCUT2D eigenvalue weighted by Crippen LogP contribution is -2.08. The van der Waals surface area contributed by atoms with Crippen molar-refractivity contribution in [3.05, 3.63) is 11.7 Å². The molecule has 0 saturated carbocycles. The molecule has 0 aliphatic rings. The number of ether oxygens (including phenoxy) is 1. The van der Waals surface area contributed by atoms with Crippen LogP contribution in [0, 0.1) is 0 Å². The van der Waals surface area contributed by atoms with Crippen LogP contribution < -0.4 is 5.32 Å². The van der Waals surface area contributed by atoms with E-state index in [0.29, 0.717) is 18.3 Å². The predicted molar refractivity (Wildman–Crippen MR) is 47.3 cm³/mol. The molecule has 0 unspecified atom stereocenters. The molecule has 0 fully saturated rings. The Bertz CT molecular complexity index is 237. The van der Waals surface area contributed by atoms with Gasteiger partial charge in [-0.2, -0.15) is 4.98 Å². The number of rotatable bonds is 6. The highest BCUT2D eigenvalue weighted by atomic mass is 16.5. The second-order valence-electron chi connectivity index (χ2n) is 2.74. The van der Waals surface area contributed by atoms with Gasteiger partial charge in [-0.3, -0.25) is 0 Å². The molecule has 1 heterocycles. The van der Waals surface area contributed by atoms with Crippen LogP contribution in [0.3, 0.4) is 0 Å². The minimum atomic E-state index is 0.412. The molecule has 13 heavy (non-hydrogen) atoms. The van der Waals surface area contributed by atoms with Gasteiger partial charge in [0.2, 0.25) is 5.89 Å². The van der Waals surface area contributed by atoms with Gasteiger partial charge in [0.25, 0.3) is 0 Å². The molecule has 0 aliphatic carbocycles. The maximum Gasteiger partial charge on any atom is 0.226 e. The van der Waals surface area contributed by atoms with E-state index in [1.165, 1.54) is 0 Å². The second kappa shape index (κ2) is 5.66. The molecule has 0 aromatic carbocycles. The van der Waals surface area contributed by atoms with Crippen LogP contribution in [0.25, 0.3) is 0 Å². The number of hydrogen-bond acceptors (Lipinski definition) is 5. The minimum absolute atomic E-state index is 0.412. The first-order valence-corrected chi connectivity index (χ1v) is 4.32. The molecule has 1 aromatic heterocycles. The average molecular weight is 185 g/mol. The Morgan fingerprint density at radius 3 is 3.08 bits per heavy atom. The van der Waals surface area contributed by atoms with Crippen LogP contribution in [0.2, 0.25) is 0 Å². The number of nitrogens with zero attached hydrogens (tertiary/aromatic N) is 2. The highest BCUT2D eigenvalue weighted by Crippen LogP contribution is 2.00. The third-order valence-corrected chi connectivity index (χ3v) is 1.60. The van der Waals surface area contributed by atoms with Gasteiger partial charge >= 0.3 is 0 Å². The first-order valence-electron chi connectivity index (χ1n) is 4.32. The fourth-order valence-corrected chi connectivity index (χ4v) is 0.996. The molecule has 1 rings (SSSR count). The molecule has 0 aliphatic heterocycles. The highest BCUT2D eigenvalue weighted by molar-refractivity contribution is 4.84. The Labute approximate surface area is 77.5 Å². The van der Waals surface area contributed by atoms with Crippen molar-refractivity contribution in [3.8, 4) is 0 Å². The fraction of sp³-hybridized carbons (Fsp3) is 0.750. The molecular weight excluding hydrogens is 170 g/mol. The zero-order valence-electron chi connectivity index (χ0n) is 8.04. The van der Waals surface area contributed by atoms with Crippen molar-refractivity contribution < 1.29 is 9.26 Å². The molecule has 0 bridgehead atoms. The smallest absolute Gasteiger partial charge is 0.226 e. The van der Waals surface area contributed by atoms with Gasteiger partial charge in [-0.1, -0.05) is 5.16 Å². The van der Waals surface area contributed by atoms with E-state index in [0.717, 1.165) is 19.4 Å². The van der Waals surface area contributed by atoms with E-state index in [9.17, 15) is 0 Å². The lowest BCUT2D eigenvalue weighted by atomic mass is 10.3. The molecule has 1 aromatic rings. The Hall–Kier alpha value is -0.940. The van der Waals surface area contributed by atoms with E-state index in [2.05, 4.69) is 15.5 Å². The maximum absolute atomic E-state index is 4.99. The molecule has 0 radical (unpaired) electrons. The lowest BCUT2D eigenvalue weighted by Gasteiger charge is -1.93. The normalized spacial score (nSPS) is 10.6. The first-order chi connectivity index (χ1) is 6.36. The van der Waals surface area contributed by atoms with Crippen LogP contribution in [-0.2, 0) is 17.8 Å². The van der Waals surface area contributed by atoms with Crippen molar-refractivity contribution in [2.24, 2.45) is 0 Å². The molecule has 0 amide bonds. The van der Waals surface area contributed by atoms with Crippen molar-refractivity contribution in [2.75, 3.05) is 20.7 Å². The van der Waals surface area contributed by atoms with Crippen LogP contribution in [-0.4, -0.2) is 30.8 Å². The molecule has 5 nitrogen and oxygen atoms in total. The number of methoxy groups -OCH3 is 1. The number of aromatic nitrogens is 2. The van der Waals surface area contributed by atoms with Crippen LogP contribution >= 0.6 is 0 Å². The van der Waals surface area contributed by atoms with Crippen molar-refractivity contribution in [3.63, 3.8) is 0 Å². The number of hydrogen-bond donors (Lipinski definition) is 1. The van der Waals surface area contributed by atoms with Crippen LogP contribution in [0.15, 0.2) is 4.52 Å². The van der Waals surface area contributed by atoms with Crippen LogP contribution in [0.5, 0.6) is 0 Å². The molecule has 74 valence electrons. The van der Waals surface area contributed by atoms with E-state index in [1.54, 1.807) is 7.11 Å². The standard InChI is InChI=1S/C8H15N3O2/c1-9-5-3-4-8-10-7(6-12-2)11-13-8/h9H,3-6H2,1-2H3. The summed E-state index contributed by atoms with van der Waals surface area (Å²) in [5.41, 5.74) is 0. The number of nitrogens with one attached hydrogen (secondary N) is 1. The predicted octanol–water partition coefficient (Wildman–Crippen LogP) is 0.368. The maximum atomic E-state index is 4.99. The van der Waals surface area contributed by atoms with Crippen molar-refractivity contribution in [1.29, 1.82) is 0 Å². The summed E-state index contributed by atoms with van der Waals surface area (Å²) in [7, 11) is 3.53. The minimum Gasteiger partial charge on any atom is -0.377 e. The van der Waals surface area contributed by atoms with Gasteiger partial charge in [-0.15, -0.1) is 0 Å². The Kier molecular flexibility index (Phi) is 4.42. The van der Waals surface area contributed by atoms with Crippen molar-refractivity contribution >= 4 is 0 Å². The summed E-state index contributed by atoms with van der Waals surface area (Å²) in [6.45, 7) is 1.37. The average Bonchev–Trinajstić information content (AvgIpc) is 2.54. The number of aryl methyl sites for hydroxylation is 1. The molecule has 1 N–H and O–H groups in total. The van der Waals surface area contributed by atoms with Gasteiger partial charge in [-0.05, 0) is 20.0 Å². The Morgan fingerprint density at radius 1 is 1.54 bits per heavy atom. The van der Waals surface area contributed by atoms with Crippen LogP contribution in [0.1, 0.15) is 18.1 Å². The second-order valence-corrected chi connectivity index (χ2v) is 2.74. The summed E-state index contributed by atoms with van der Waals surface area (Å²) in [5.74, 6) is 1.30. The molecule has 0 saturated heterocycles. The van der Waals surface area contributed by atoms with Gasteiger partial charge in [0.15, 0.2) is 5.82 Å². The first kappa shape index (κ1) is 10.1. The van der Waals surface area contributed by atoms with E-state index in [-0.39, 0.29) is 0 Å². The summed E-state index contributed by atoms with van der Waals surface area (Å²) in [5, 5.41) is 6.81. The van der Waals surface area contributed by atoms with Crippen LogP contribution in [0.4, 0.5) is 0 Å². The van der Waals surface area contributed by atoms with E-state index >= 15 is 0 Å². The summed E-state index contributed by atoms with van der Waals surface area (Å²) in [4.78, 5) is 4.14. The molecule has 0 atom stereocenters. The van der Waals surface area contributed by atoms with Gasteiger partial charge in [0.1, 0.15) is 6.61 Å². The summed E-state index contributed by atoms with van der Waals surface area (Å²) in [6, 6.07) is 0. The zero-order valence-corrected chi connectivity index (χ0v) is 8.04. The Morgan fingerprint density at radius 2 is 2.38 bits per heavy atom. The van der Waals surface area contributed by atoms with Crippen molar-refractivity contribution in [2.45, 2.75) is 19.4 Å². The summed E-state index contributed by atoms with van der Waals surface area (Å²) >= 11 is 0. The SMILES string of the molecule is CNCCCc1nc(COC)no1. The summed E-state index contributed by atoms with van der Waals surface area (Å²) in [6.07, 6.45) is 1.82. The lowest BCUT2D eigenvalue weighted by molar-refractivity contribution is 0.174. The largest absolute Gasteiger partial charge is 0.377 e. The van der Waals surface area contributed by atoms with Crippen molar-refractivity contribution in [1.82, 2.24) is 15.5 Å². The molecule has 0 spiro atoms. The van der Waals surface area contributed by atoms with Gasteiger partial charge < -0.3 is 14.6 Å². The third-order valence-electron chi connectivity index (χ3n) is 1.60. The fourth-order valence-electron chi connectivity index (χ4n) is 0.996. The molecular formula is C8H15N3O2. The topological polar surface area (TPSA) is 60.2 Å². The van der Waals surface area contributed by atoms with Gasteiger partial charge in [0.05, 0.1) is 0 Å². The monoisotopic (exact) mass is 185 g/mol. The van der Waals surface area contributed by atoms with E-state index < -0.39 is 0 Å². The van der Waals surface area contributed by atoms with Gasteiger partial charge in [0, 0.05) is 13.5 Å². The summed E-state index contributed by atoms with van der Waals surface area (Å²) < 4.78 is 9.86. The van der Waals surface area contributed by atoms with Gasteiger partial charge in [-0.25, -0.2) is 0 Å². The Balaban J connectivity index is 2.31. The van der Waals surface area contributed by atoms with E-state index in [1.807, 2.05) is 7.05 Å². The molecule has 5 heteroatoms. The highest BCUT2D eigenvalue weighted by Gasteiger charge is 2.04. The quantitative estimate of drug-likeness (QED) is 0.649. The zero-order chi connectivity index (χ0) is 9.52. The van der Waals surface area contributed by atoms with E-state index in [4.69, 9.17) is 9.26 Å². The third kappa shape index (κ3) is 3.52.